The van der Waals surface area contributed by atoms with Crippen LogP contribution in [0, 0.1) is 5.41 Å². The molecule has 0 aliphatic heterocycles. The Hall–Kier alpha value is -0.770. The van der Waals surface area contributed by atoms with Gasteiger partial charge in [-0.2, -0.15) is 0 Å². The monoisotopic (exact) mass is 326 g/mol. The number of rotatable bonds is 6. The molecular formula is C19H38N2O2. The lowest BCUT2D eigenvalue weighted by atomic mass is 9.85. The van der Waals surface area contributed by atoms with Gasteiger partial charge in [-0.1, -0.05) is 27.2 Å². The molecule has 0 bridgehead atoms. The number of carbonyl (C=O) groups is 1. The van der Waals surface area contributed by atoms with E-state index in [1.807, 2.05) is 25.7 Å². The Morgan fingerprint density at radius 2 is 1.91 bits per heavy atom. The zero-order valence-corrected chi connectivity index (χ0v) is 16.2. The molecule has 0 heterocycles. The number of nitrogens with zero attached hydrogens (tertiary/aromatic N) is 1. The van der Waals surface area contributed by atoms with Crippen molar-refractivity contribution in [1.29, 1.82) is 0 Å². The maximum Gasteiger partial charge on any atom is 0.410 e. The van der Waals surface area contributed by atoms with Crippen molar-refractivity contribution in [2.24, 2.45) is 5.41 Å². The van der Waals surface area contributed by atoms with E-state index in [2.05, 4.69) is 26.1 Å². The van der Waals surface area contributed by atoms with Crippen LogP contribution in [0.25, 0.3) is 0 Å². The Bertz CT molecular complexity index is 361. The fraction of sp³-hybridized carbons (Fsp3) is 0.947. The first-order valence-corrected chi connectivity index (χ1v) is 9.34. The van der Waals surface area contributed by atoms with Crippen molar-refractivity contribution < 1.29 is 9.53 Å². The molecule has 0 aromatic carbocycles. The number of nitrogens with one attached hydrogen (secondary N) is 1. The second-order valence-electron chi connectivity index (χ2n) is 8.71. The van der Waals surface area contributed by atoms with Gasteiger partial charge < -0.3 is 15.0 Å². The van der Waals surface area contributed by atoms with Gasteiger partial charge in [-0.05, 0) is 58.3 Å². The van der Waals surface area contributed by atoms with Crippen LogP contribution in [0.4, 0.5) is 4.79 Å². The van der Waals surface area contributed by atoms with Gasteiger partial charge in [-0.3, -0.25) is 0 Å². The standard InChI is InChI=1S/C19H38N2O2/c1-7-14-21(17(22)23-18(2,3)4)15-13-20-16-9-8-11-19(5,6)12-10-16/h16,20H,7-15H2,1-6H3. The lowest BCUT2D eigenvalue weighted by Crippen LogP contribution is -2.42. The second-order valence-corrected chi connectivity index (χ2v) is 8.71. The summed E-state index contributed by atoms with van der Waals surface area (Å²) >= 11 is 0. The van der Waals surface area contributed by atoms with Gasteiger partial charge in [0.2, 0.25) is 0 Å². The predicted molar refractivity (Wildman–Crippen MR) is 96.8 cm³/mol. The fourth-order valence-electron chi connectivity index (χ4n) is 3.16. The fourth-order valence-corrected chi connectivity index (χ4v) is 3.16. The summed E-state index contributed by atoms with van der Waals surface area (Å²) in [5.74, 6) is 0. The summed E-state index contributed by atoms with van der Waals surface area (Å²) < 4.78 is 5.50. The molecule has 1 aliphatic carbocycles. The van der Waals surface area contributed by atoms with E-state index >= 15 is 0 Å². The van der Waals surface area contributed by atoms with Gasteiger partial charge in [0.25, 0.3) is 0 Å². The highest BCUT2D eigenvalue weighted by molar-refractivity contribution is 5.68. The molecule has 1 saturated carbocycles. The van der Waals surface area contributed by atoms with E-state index < -0.39 is 5.60 Å². The van der Waals surface area contributed by atoms with Crippen LogP contribution in [0.3, 0.4) is 0 Å². The third-order valence-electron chi connectivity index (χ3n) is 4.54. The molecule has 4 nitrogen and oxygen atoms in total. The zero-order chi connectivity index (χ0) is 17.5. The summed E-state index contributed by atoms with van der Waals surface area (Å²) in [6.07, 6.45) is 7.17. The minimum atomic E-state index is -0.427. The molecule has 1 atom stereocenters. The summed E-state index contributed by atoms with van der Waals surface area (Å²) in [5.41, 5.74) is 0.0601. The molecule has 0 spiro atoms. The predicted octanol–water partition coefficient (Wildman–Crippen LogP) is 4.58. The Morgan fingerprint density at radius 1 is 1.22 bits per heavy atom. The summed E-state index contributed by atoms with van der Waals surface area (Å²) in [5, 5.41) is 3.66. The van der Waals surface area contributed by atoms with Crippen LogP contribution in [0.1, 0.15) is 80.1 Å². The summed E-state index contributed by atoms with van der Waals surface area (Å²) in [7, 11) is 0. The minimum absolute atomic E-state index is 0.192. The van der Waals surface area contributed by atoms with Crippen molar-refractivity contribution in [1.82, 2.24) is 10.2 Å². The molecule has 0 aromatic heterocycles. The van der Waals surface area contributed by atoms with Crippen LogP contribution in [0.2, 0.25) is 0 Å². The van der Waals surface area contributed by atoms with E-state index in [1.54, 1.807) is 0 Å². The highest BCUT2D eigenvalue weighted by Crippen LogP contribution is 2.33. The average Bonchev–Trinajstić information content (AvgIpc) is 2.57. The lowest BCUT2D eigenvalue weighted by Gasteiger charge is -2.28. The molecular weight excluding hydrogens is 288 g/mol. The quantitative estimate of drug-likeness (QED) is 0.726. The van der Waals surface area contributed by atoms with E-state index in [4.69, 9.17) is 4.74 Å². The highest BCUT2D eigenvalue weighted by Gasteiger charge is 2.25. The molecule has 1 fully saturated rings. The number of carbonyl (C=O) groups excluding carboxylic acids is 1. The largest absolute Gasteiger partial charge is 0.444 e. The molecule has 0 saturated heterocycles. The molecule has 1 aliphatic rings. The van der Waals surface area contributed by atoms with E-state index in [0.29, 0.717) is 11.5 Å². The molecule has 23 heavy (non-hydrogen) atoms. The first kappa shape index (κ1) is 20.3. The van der Waals surface area contributed by atoms with Crippen LogP contribution in [0.15, 0.2) is 0 Å². The van der Waals surface area contributed by atoms with Crippen LogP contribution < -0.4 is 5.32 Å². The van der Waals surface area contributed by atoms with Crippen LogP contribution in [0.5, 0.6) is 0 Å². The Labute approximate surface area is 143 Å². The van der Waals surface area contributed by atoms with Crippen molar-refractivity contribution in [3.63, 3.8) is 0 Å². The Balaban J connectivity index is 2.39. The van der Waals surface area contributed by atoms with Gasteiger partial charge in [0, 0.05) is 25.7 Å². The molecule has 0 aromatic rings. The minimum Gasteiger partial charge on any atom is -0.444 e. The van der Waals surface area contributed by atoms with Gasteiger partial charge in [-0.15, -0.1) is 0 Å². The third-order valence-corrected chi connectivity index (χ3v) is 4.54. The molecule has 1 amide bonds. The van der Waals surface area contributed by atoms with Gasteiger partial charge >= 0.3 is 6.09 Å². The smallest absolute Gasteiger partial charge is 0.410 e. The normalized spacial score (nSPS) is 21.6. The third kappa shape index (κ3) is 8.59. The number of hydrogen-bond acceptors (Lipinski definition) is 3. The SMILES string of the molecule is CCCN(CCNC1CCCC(C)(C)CC1)C(=O)OC(C)(C)C. The molecule has 4 heteroatoms. The van der Waals surface area contributed by atoms with Crippen molar-refractivity contribution in [3.05, 3.63) is 0 Å². The van der Waals surface area contributed by atoms with Crippen molar-refractivity contribution in [2.45, 2.75) is 91.7 Å². The number of hydrogen-bond donors (Lipinski definition) is 1. The lowest BCUT2D eigenvalue weighted by molar-refractivity contribution is 0.0250. The van der Waals surface area contributed by atoms with Gasteiger partial charge in [-0.25, -0.2) is 4.79 Å². The van der Waals surface area contributed by atoms with Crippen LogP contribution >= 0.6 is 0 Å². The second kappa shape index (κ2) is 8.91. The number of amides is 1. The molecule has 136 valence electrons. The highest BCUT2D eigenvalue weighted by atomic mass is 16.6. The summed E-state index contributed by atoms with van der Waals surface area (Å²) in [4.78, 5) is 14.1. The average molecular weight is 327 g/mol. The Kier molecular flexibility index (Phi) is 7.85. The van der Waals surface area contributed by atoms with E-state index in [9.17, 15) is 4.79 Å². The van der Waals surface area contributed by atoms with Gasteiger partial charge in [0.05, 0.1) is 0 Å². The summed E-state index contributed by atoms with van der Waals surface area (Å²) in [6, 6.07) is 0.596. The van der Waals surface area contributed by atoms with E-state index in [0.717, 1.165) is 26.1 Å². The van der Waals surface area contributed by atoms with Crippen LogP contribution in [-0.4, -0.2) is 42.3 Å². The maximum atomic E-state index is 12.2. The topological polar surface area (TPSA) is 41.6 Å². The molecule has 0 radical (unpaired) electrons. The van der Waals surface area contributed by atoms with Gasteiger partial charge in [0.1, 0.15) is 5.60 Å². The van der Waals surface area contributed by atoms with E-state index in [-0.39, 0.29) is 6.09 Å². The van der Waals surface area contributed by atoms with Gasteiger partial charge in [0.15, 0.2) is 0 Å². The van der Waals surface area contributed by atoms with E-state index in [1.165, 1.54) is 32.1 Å². The summed E-state index contributed by atoms with van der Waals surface area (Å²) in [6.45, 7) is 14.9. The zero-order valence-electron chi connectivity index (χ0n) is 16.2. The first-order chi connectivity index (χ1) is 10.6. The molecule has 1 N–H and O–H groups in total. The van der Waals surface area contributed by atoms with Crippen molar-refractivity contribution in [2.75, 3.05) is 19.6 Å². The maximum absolute atomic E-state index is 12.2. The molecule has 1 unspecified atom stereocenters. The van der Waals surface area contributed by atoms with Crippen LogP contribution in [-0.2, 0) is 4.74 Å². The molecule has 1 rings (SSSR count). The number of ether oxygens (including phenoxy) is 1. The van der Waals surface area contributed by atoms with Crippen molar-refractivity contribution in [3.8, 4) is 0 Å². The first-order valence-electron chi connectivity index (χ1n) is 9.34. The Morgan fingerprint density at radius 3 is 2.52 bits per heavy atom. The van der Waals surface area contributed by atoms with Crippen molar-refractivity contribution >= 4 is 6.09 Å².